The third kappa shape index (κ3) is 3.80. The fourth-order valence-electron chi connectivity index (χ4n) is 4.73. The van der Waals surface area contributed by atoms with E-state index in [-0.39, 0.29) is 29.9 Å². The molecule has 6 nitrogen and oxygen atoms in total. The van der Waals surface area contributed by atoms with Crippen LogP contribution < -0.4 is 0 Å². The van der Waals surface area contributed by atoms with E-state index in [0.717, 1.165) is 24.8 Å². The quantitative estimate of drug-likeness (QED) is 0.748. The number of benzene rings is 1. The Balaban J connectivity index is 1.55. The number of esters is 1. The van der Waals surface area contributed by atoms with Gasteiger partial charge in [-0.3, -0.25) is 9.63 Å². The Morgan fingerprint density at radius 1 is 1.14 bits per heavy atom. The average Bonchev–Trinajstić information content (AvgIpc) is 3.20. The van der Waals surface area contributed by atoms with Crippen LogP contribution in [0, 0.1) is 5.92 Å². The first-order valence-corrected chi connectivity index (χ1v) is 10.3. The molecule has 0 aromatic heterocycles. The SMILES string of the molecule is CC(C)(C)OC(=O)[C@H]1CC[C@@H]2CC[C@@H]3CON(Cc4ccccc4)[C@@H]3C(=O)N21. The molecule has 152 valence electrons. The fourth-order valence-corrected chi connectivity index (χ4v) is 4.73. The molecule has 0 saturated carbocycles. The summed E-state index contributed by atoms with van der Waals surface area (Å²) in [6.45, 7) is 6.74. The molecule has 3 aliphatic heterocycles. The van der Waals surface area contributed by atoms with E-state index in [1.807, 2.05) is 61.1 Å². The van der Waals surface area contributed by atoms with Gasteiger partial charge in [0.1, 0.15) is 17.7 Å². The van der Waals surface area contributed by atoms with E-state index in [2.05, 4.69) is 0 Å². The summed E-state index contributed by atoms with van der Waals surface area (Å²) in [4.78, 5) is 34.1. The summed E-state index contributed by atoms with van der Waals surface area (Å²) in [5, 5.41) is 1.83. The second-order valence-electron chi connectivity index (χ2n) is 9.16. The predicted octanol–water partition coefficient (Wildman–Crippen LogP) is 2.91. The summed E-state index contributed by atoms with van der Waals surface area (Å²) in [6, 6.07) is 9.38. The van der Waals surface area contributed by atoms with Gasteiger partial charge >= 0.3 is 5.97 Å². The van der Waals surface area contributed by atoms with Crippen LogP contribution in [0.3, 0.4) is 0 Å². The molecule has 0 spiro atoms. The largest absolute Gasteiger partial charge is 0.458 e. The summed E-state index contributed by atoms with van der Waals surface area (Å²) in [6.07, 6.45) is 3.43. The number of carbonyl (C=O) groups excluding carboxylic acids is 2. The summed E-state index contributed by atoms with van der Waals surface area (Å²) in [7, 11) is 0. The number of hydrogen-bond donors (Lipinski definition) is 0. The average molecular weight is 386 g/mol. The number of hydrogen-bond acceptors (Lipinski definition) is 5. The normalized spacial score (nSPS) is 30.7. The number of nitrogens with zero attached hydrogens (tertiary/aromatic N) is 2. The van der Waals surface area contributed by atoms with Crippen LogP contribution in [0.2, 0.25) is 0 Å². The van der Waals surface area contributed by atoms with Crippen molar-refractivity contribution in [3.63, 3.8) is 0 Å². The molecule has 3 fully saturated rings. The fraction of sp³-hybridized carbons (Fsp3) is 0.636. The van der Waals surface area contributed by atoms with E-state index < -0.39 is 11.6 Å². The summed E-state index contributed by atoms with van der Waals surface area (Å²) >= 11 is 0. The molecule has 0 radical (unpaired) electrons. The van der Waals surface area contributed by atoms with Crippen LogP contribution in [0.25, 0.3) is 0 Å². The molecule has 4 atom stereocenters. The van der Waals surface area contributed by atoms with E-state index in [0.29, 0.717) is 19.6 Å². The summed E-state index contributed by atoms with van der Waals surface area (Å²) in [5.41, 5.74) is 0.560. The summed E-state index contributed by atoms with van der Waals surface area (Å²) < 4.78 is 5.62. The highest BCUT2D eigenvalue weighted by Crippen LogP contribution is 2.39. The number of ether oxygens (including phenoxy) is 1. The first-order chi connectivity index (χ1) is 13.3. The zero-order valence-electron chi connectivity index (χ0n) is 17.0. The zero-order chi connectivity index (χ0) is 19.9. The predicted molar refractivity (Wildman–Crippen MR) is 104 cm³/mol. The van der Waals surface area contributed by atoms with Crippen molar-refractivity contribution in [2.45, 2.75) is 76.7 Å². The van der Waals surface area contributed by atoms with Crippen LogP contribution in [-0.4, -0.2) is 52.2 Å². The van der Waals surface area contributed by atoms with Crippen molar-refractivity contribution in [3.8, 4) is 0 Å². The number of fused-ring (bicyclic) bond motifs is 2. The highest BCUT2D eigenvalue weighted by molar-refractivity contribution is 5.89. The monoisotopic (exact) mass is 386 g/mol. The van der Waals surface area contributed by atoms with Crippen LogP contribution >= 0.6 is 0 Å². The van der Waals surface area contributed by atoms with Crippen molar-refractivity contribution in [1.82, 2.24) is 9.96 Å². The van der Waals surface area contributed by atoms with Gasteiger partial charge in [0.2, 0.25) is 5.91 Å². The van der Waals surface area contributed by atoms with Crippen molar-refractivity contribution < 1.29 is 19.2 Å². The molecule has 0 N–H and O–H groups in total. The Labute approximate surface area is 166 Å². The second-order valence-corrected chi connectivity index (χ2v) is 9.16. The topological polar surface area (TPSA) is 59.1 Å². The number of amides is 1. The smallest absolute Gasteiger partial charge is 0.329 e. The van der Waals surface area contributed by atoms with Gasteiger partial charge in [0.25, 0.3) is 0 Å². The van der Waals surface area contributed by atoms with E-state index >= 15 is 0 Å². The standard InChI is InChI=1S/C22H30N2O4/c1-22(2,3)28-21(26)18-12-11-17-10-9-16-14-27-23(19(16)20(25)24(17)18)13-15-7-5-4-6-8-15/h4-8,16-19H,9-14H2,1-3H3/t16-,17+,18-,19+/m1/s1. The van der Waals surface area contributed by atoms with Crippen molar-refractivity contribution in [2.24, 2.45) is 5.92 Å². The van der Waals surface area contributed by atoms with E-state index in [9.17, 15) is 9.59 Å². The molecule has 1 aromatic carbocycles. The minimum atomic E-state index is -0.553. The molecule has 4 rings (SSSR count). The molecular weight excluding hydrogens is 356 g/mol. The highest BCUT2D eigenvalue weighted by atomic mass is 16.7. The minimum Gasteiger partial charge on any atom is -0.458 e. The van der Waals surface area contributed by atoms with Crippen LogP contribution in [0.4, 0.5) is 0 Å². The van der Waals surface area contributed by atoms with Crippen molar-refractivity contribution in [2.75, 3.05) is 6.61 Å². The van der Waals surface area contributed by atoms with Crippen molar-refractivity contribution >= 4 is 11.9 Å². The first kappa shape index (κ1) is 19.4. The lowest BCUT2D eigenvalue weighted by Gasteiger charge is -2.33. The molecule has 3 aliphatic rings. The maximum atomic E-state index is 13.6. The van der Waals surface area contributed by atoms with Gasteiger partial charge in [-0.15, -0.1) is 0 Å². The minimum absolute atomic E-state index is 0.0225. The van der Waals surface area contributed by atoms with Gasteiger partial charge in [-0.2, -0.15) is 5.06 Å². The van der Waals surface area contributed by atoms with Crippen molar-refractivity contribution in [3.05, 3.63) is 35.9 Å². The van der Waals surface area contributed by atoms with Gasteiger partial charge in [0.05, 0.1) is 6.61 Å². The summed E-state index contributed by atoms with van der Waals surface area (Å²) in [5.74, 6) is -0.0780. The van der Waals surface area contributed by atoms with E-state index in [1.54, 1.807) is 0 Å². The Hall–Kier alpha value is -1.92. The third-order valence-electron chi connectivity index (χ3n) is 5.95. The third-order valence-corrected chi connectivity index (χ3v) is 5.95. The number of hydroxylamine groups is 2. The van der Waals surface area contributed by atoms with Gasteiger partial charge in [0.15, 0.2) is 0 Å². The van der Waals surface area contributed by atoms with Crippen LogP contribution in [0.1, 0.15) is 52.0 Å². The second kappa shape index (κ2) is 7.48. The molecule has 6 heteroatoms. The van der Waals surface area contributed by atoms with E-state index in [4.69, 9.17) is 9.57 Å². The Morgan fingerprint density at radius 3 is 2.57 bits per heavy atom. The first-order valence-electron chi connectivity index (χ1n) is 10.3. The zero-order valence-corrected chi connectivity index (χ0v) is 17.0. The van der Waals surface area contributed by atoms with Crippen LogP contribution in [0.15, 0.2) is 30.3 Å². The lowest BCUT2D eigenvalue weighted by Crippen LogP contribution is -2.52. The van der Waals surface area contributed by atoms with Crippen molar-refractivity contribution in [1.29, 1.82) is 0 Å². The molecule has 0 bridgehead atoms. The molecular formula is C22H30N2O4. The molecule has 0 unspecified atom stereocenters. The van der Waals surface area contributed by atoms with Gasteiger partial charge < -0.3 is 9.64 Å². The molecule has 3 saturated heterocycles. The Morgan fingerprint density at radius 2 is 1.86 bits per heavy atom. The number of rotatable bonds is 3. The molecule has 3 heterocycles. The Kier molecular flexibility index (Phi) is 5.19. The highest BCUT2D eigenvalue weighted by Gasteiger charge is 2.52. The Bertz CT molecular complexity index is 730. The number of carbonyl (C=O) groups is 2. The van der Waals surface area contributed by atoms with Crippen LogP contribution in [-0.2, 0) is 25.7 Å². The molecule has 0 aliphatic carbocycles. The lowest BCUT2D eigenvalue weighted by molar-refractivity contribution is -0.173. The maximum absolute atomic E-state index is 13.6. The van der Waals surface area contributed by atoms with Gasteiger partial charge in [-0.1, -0.05) is 30.3 Å². The molecule has 1 aromatic rings. The van der Waals surface area contributed by atoms with Crippen LogP contribution in [0.5, 0.6) is 0 Å². The maximum Gasteiger partial charge on any atom is 0.329 e. The lowest BCUT2D eigenvalue weighted by atomic mass is 9.95. The van der Waals surface area contributed by atoms with Gasteiger partial charge in [0, 0.05) is 18.5 Å². The van der Waals surface area contributed by atoms with E-state index in [1.165, 1.54) is 0 Å². The molecule has 1 amide bonds. The van der Waals surface area contributed by atoms with Gasteiger partial charge in [-0.25, -0.2) is 4.79 Å². The molecule has 28 heavy (non-hydrogen) atoms. The van der Waals surface area contributed by atoms with Gasteiger partial charge in [-0.05, 0) is 52.0 Å².